The highest BCUT2D eigenvalue weighted by molar-refractivity contribution is 6.22. The lowest BCUT2D eigenvalue weighted by Gasteiger charge is -2.31. The molecule has 0 aromatic heterocycles. The SMILES string of the molecule is O=C1[C@@H]2[C@@H](CC(COc3ccccc3)=C3[C@@H](CC/C(=C/c4cccc(O)c4)c4ccccc4)OC[C@@H]32)C(=O)N1c1ccc(Nc2ccccc2)cc1. The Hall–Kier alpha value is -5.92. The predicted octanol–water partition coefficient (Wildman–Crippen LogP) is 9.06. The summed E-state index contributed by atoms with van der Waals surface area (Å²) in [6, 6.07) is 44.5. The molecule has 2 aliphatic heterocycles. The molecule has 0 saturated carbocycles. The average molecular weight is 689 g/mol. The first-order chi connectivity index (χ1) is 25.5. The van der Waals surface area contributed by atoms with Gasteiger partial charge in [0.2, 0.25) is 11.8 Å². The summed E-state index contributed by atoms with van der Waals surface area (Å²) in [5.74, 6) is -0.547. The molecule has 5 aromatic carbocycles. The van der Waals surface area contributed by atoms with Gasteiger partial charge in [0, 0.05) is 17.3 Å². The molecule has 0 unspecified atom stereocenters. The molecule has 2 saturated heterocycles. The molecular weight excluding hydrogens is 649 g/mol. The van der Waals surface area contributed by atoms with E-state index < -0.39 is 11.8 Å². The van der Waals surface area contributed by atoms with Gasteiger partial charge in [-0.15, -0.1) is 0 Å². The van der Waals surface area contributed by atoms with Crippen LogP contribution in [-0.2, 0) is 14.3 Å². The molecule has 4 atom stereocenters. The number of benzene rings is 5. The first-order valence-corrected chi connectivity index (χ1v) is 17.9. The van der Waals surface area contributed by atoms with Crippen molar-refractivity contribution >= 4 is 40.5 Å². The summed E-state index contributed by atoms with van der Waals surface area (Å²) >= 11 is 0. The number of nitrogens with zero attached hydrogens (tertiary/aromatic N) is 1. The smallest absolute Gasteiger partial charge is 0.238 e. The van der Waals surface area contributed by atoms with Crippen LogP contribution in [0.3, 0.4) is 0 Å². The number of hydrogen-bond donors (Lipinski definition) is 2. The molecule has 2 heterocycles. The number of aromatic hydroxyl groups is 1. The van der Waals surface area contributed by atoms with E-state index in [-0.39, 0.29) is 29.6 Å². The van der Waals surface area contributed by atoms with Crippen molar-refractivity contribution in [2.24, 2.45) is 17.8 Å². The van der Waals surface area contributed by atoms with Crippen molar-refractivity contribution in [1.82, 2.24) is 0 Å². The number of phenols is 1. The number of carbonyl (C=O) groups is 2. The fourth-order valence-corrected chi connectivity index (χ4v) is 7.98. The van der Waals surface area contributed by atoms with Crippen LogP contribution in [-0.4, -0.2) is 36.2 Å². The number of rotatable bonds is 11. The second-order valence-corrected chi connectivity index (χ2v) is 13.6. The van der Waals surface area contributed by atoms with Crippen molar-refractivity contribution in [3.8, 4) is 11.5 Å². The van der Waals surface area contributed by atoms with Crippen LogP contribution in [0.4, 0.5) is 17.1 Å². The number of amides is 2. The van der Waals surface area contributed by atoms with E-state index in [1.807, 2.05) is 115 Å². The molecular formula is C45H40N2O5. The summed E-state index contributed by atoms with van der Waals surface area (Å²) < 4.78 is 12.9. The summed E-state index contributed by atoms with van der Waals surface area (Å²) in [5, 5.41) is 13.5. The zero-order valence-electron chi connectivity index (χ0n) is 28.7. The normalized spacial score (nSPS) is 21.2. The van der Waals surface area contributed by atoms with Crippen molar-refractivity contribution in [3.63, 3.8) is 0 Å². The van der Waals surface area contributed by atoms with Crippen molar-refractivity contribution in [3.05, 3.63) is 162 Å². The van der Waals surface area contributed by atoms with Crippen LogP contribution in [0, 0.1) is 17.8 Å². The van der Waals surface area contributed by atoms with Crippen LogP contribution < -0.4 is 15.0 Å². The quantitative estimate of drug-likeness (QED) is 0.0818. The second kappa shape index (κ2) is 14.7. The highest BCUT2D eigenvalue weighted by Crippen LogP contribution is 2.51. The highest BCUT2D eigenvalue weighted by atomic mass is 16.5. The Kier molecular flexibility index (Phi) is 9.42. The second-order valence-electron chi connectivity index (χ2n) is 13.6. The van der Waals surface area contributed by atoms with Gasteiger partial charge in [0.25, 0.3) is 0 Å². The minimum atomic E-state index is -0.494. The standard InChI is InChI=1S/C45H40N2O5/c48-37-16-10-11-30(26-37)25-32(31-12-4-1-5-13-31)19-24-41-42-33(28-51-38-17-8-3-9-18-38)27-39-43(40(42)29-52-41)45(50)47(44(39)49)36-22-20-35(21-23-36)46-34-14-6-2-7-15-34/h1-18,20-23,25-26,39-41,43,46,48H,19,24,27-29H2/b32-25-/t39-,40+,41-,43-/m1/s1. The minimum absolute atomic E-state index is 0.165. The fraction of sp³-hybridized carbons (Fsp3) is 0.200. The number of carbonyl (C=O) groups excluding carboxylic acids is 2. The molecule has 7 nitrogen and oxygen atoms in total. The average Bonchev–Trinajstić information content (AvgIpc) is 3.71. The molecule has 2 amide bonds. The number of phenolic OH excluding ortho intramolecular Hbond substituents is 1. The molecule has 0 spiro atoms. The Morgan fingerprint density at radius 1 is 0.788 bits per heavy atom. The Bertz CT molecular complexity index is 2110. The third kappa shape index (κ3) is 6.88. The maximum atomic E-state index is 14.3. The van der Waals surface area contributed by atoms with Gasteiger partial charge in [-0.2, -0.15) is 0 Å². The maximum Gasteiger partial charge on any atom is 0.238 e. The fourth-order valence-electron chi connectivity index (χ4n) is 7.98. The van der Waals surface area contributed by atoms with E-state index in [2.05, 4.69) is 23.5 Å². The molecule has 260 valence electrons. The highest BCUT2D eigenvalue weighted by Gasteiger charge is 2.57. The summed E-state index contributed by atoms with van der Waals surface area (Å²) in [6.45, 7) is 0.699. The monoisotopic (exact) mass is 688 g/mol. The van der Waals surface area contributed by atoms with Crippen LogP contribution in [0.2, 0.25) is 0 Å². The molecule has 5 aromatic rings. The Balaban J connectivity index is 1.07. The molecule has 52 heavy (non-hydrogen) atoms. The summed E-state index contributed by atoms with van der Waals surface area (Å²) in [6.07, 6.45) is 3.74. The van der Waals surface area contributed by atoms with E-state index in [1.54, 1.807) is 12.1 Å². The maximum absolute atomic E-state index is 14.3. The number of fused-ring (bicyclic) bond motifs is 3. The number of para-hydroxylation sites is 2. The molecule has 7 heteroatoms. The lowest BCUT2D eigenvalue weighted by molar-refractivity contribution is -0.122. The van der Waals surface area contributed by atoms with E-state index in [1.165, 1.54) is 4.90 Å². The molecule has 3 aliphatic rings. The van der Waals surface area contributed by atoms with E-state index in [0.29, 0.717) is 38.2 Å². The lowest BCUT2D eigenvalue weighted by Crippen LogP contribution is -2.35. The van der Waals surface area contributed by atoms with Crippen molar-refractivity contribution in [1.29, 1.82) is 0 Å². The van der Waals surface area contributed by atoms with Gasteiger partial charge in [0.05, 0.1) is 30.2 Å². The van der Waals surface area contributed by atoms with Gasteiger partial charge in [-0.25, -0.2) is 0 Å². The third-order valence-electron chi connectivity index (χ3n) is 10.4. The van der Waals surface area contributed by atoms with Crippen LogP contribution in [0.1, 0.15) is 30.4 Å². The lowest BCUT2D eigenvalue weighted by atomic mass is 9.69. The van der Waals surface area contributed by atoms with Crippen LogP contribution in [0.15, 0.2) is 151 Å². The Morgan fingerprint density at radius 2 is 1.48 bits per heavy atom. The Labute approximate surface area is 303 Å². The van der Waals surface area contributed by atoms with Gasteiger partial charge in [-0.05, 0) is 108 Å². The predicted molar refractivity (Wildman–Crippen MR) is 204 cm³/mol. The van der Waals surface area contributed by atoms with Gasteiger partial charge in [0.1, 0.15) is 18.1 Å². The van der Waals surface area contributed by atoms with Gasteiger partial charge >= 0.3 is 0 Å². The van der Waals surface area contributed by atoms with Crippen LogP contribution in [0.5, 0.6) is 11.5 Å². The topological polar surface area (TPSA) is 88.1 Å². The number of ether oxygens (including phenoxy) is 2. The Morgan fingerprint density at radius 3 is 2.21 bits per heavy atom. The number of anilines is 3. The van der Waals surface area contributed by atoms with Crippen LogP contribution >= 0.6 is 0 Å². The molecule has 1 aliphatic carbocycles. The minimum Gasteiger partial charge on any atom is -0.508 e. The molecule has 2 N–H and O–H groups in total. The number of nitrogens with one attached hydrogen (secondary N) is 1. The first-order valence-electron chi connectivity index (χ1n) is 17.9. The van der Waals surface area contributed by atoms with Gasteiger partial charge in [-0.1, -0.05) is 84.9 Å². The molecule has 8 rings (SSSR count). The molecule has 0 radical (unpaired) electrons. The van der Waals surface area contributed by atoms with Crippen molar-refractivity contribution in [2.75, 3.05) is 23.4 Å². The molecule has 0 bridgehead atoms. The van der Waals surface area contributed by atoms with Gasteiger partial charge < -0.3 is 19.9 Å². The zero-order chi connectivity index (χ0) is 35.4. The first kappa shape index (κ1) is 33.2. The number of hydrogen-bond acceptors (Lipinski definition) is 6. The van der Waals surface area contributed by atoms with E-state index >= 15 is 0 Å². The van der Waals surface area contributed by atoms with Gasteiger partial charge in [-0.3, -0.25) is 14.5 Å². The van der Waals surface area contributed by atoms with Crippen molar-refractivity contribution in [2.45, 2.75) is 25.4 Å². The summed E-state index contributed by atoms with van der Waals surface area (Å²) in [7, 11) is 0. The van der Waals surface area contributed by atoms with Crippen molar-refractivity contribution < 1.29 is 24.2 Å². The summed E-state index contributed by atoms with van der Waals surface area (Å²) in [5.41, 5.74) is 7.69. The van der Waals surface area contributed by atoms with E-state index in [9.17, 15) is 14.7 Å². The zero-order valence-corrected chi connectivity index (χ0v) is 28.7. The molecule has 2 fully saturated rings. The third-order valence-corrected chi connectivity index (χ3v) is 10.4. The largest absolute Gasteiger partial charge is 0.508 e. The number of allylic oxidation sites excluding steroid dienone is 1. The number of imide groups is 1. The van der Waals surface area contributed by atoms with E-state index in [0.717, 1.165) is 45.0 Å². The summed E-state index contributed by atoms with van der Waals surface area (Å²) in [4.78, 5) is 29.8. The van der Waals surface area contributed by atoms with Gasteiger partial charge in [0.15, 0.2) is 0 Å². The van der Waals surface area contributed by atoms with E-state index in [4.69, 9.17) is 9.47 Å². The van der Waals surface area contributed by atoms with Crippen LogP contribution in [0.25, 0.3) is 11.6 Å².